The van der Waals surface area contributed by atoms with E-state index < -0.39 is 0 Å². The summed E-state index contributed by atoms with van der Waals surface area (Å²) in [6, 6.07) is 11.8. The first-order valence-electron chi connectivity index (χ1n) is 6.28. The van der Waals surface area contributed by atoms with Crippen LogP contribution in [-0.4, -0.2) is 22.6 Å². The molecule has 0 bridgehead atoms. The molecule has 0 aliphatic rings. The minimum Gasteiger partial charge on any atom is -0.465 e. The molecule has 0 unspecified atom stereocenters. The Labute approximate surface area is 116 Å². The number of benzene rings is 2. The van der Waals surface area contributed by atoms with E-state index in [2.05, 4.69) is 4.98 Å². The minimum absolute atomic E-state index is 0.341. The van der Waals surface area contributed by atoms with Crippen LogP contribution in [0.3, 0.4) is 0 Å². The van der Waals surface area contributed by atoms with Gasteiger partial charge in [0.05, 0.1) is 30.9 Å². The molecule has 4 heteroatoms. The molecule has 0 aliphatic carbocycles. The number of aromatic nitrogens is 2. The summed E-state index contributed by atoms with van der Waals surface area (Å²) in [5, 5.41) is 2.09. The number of hydrogen-bond acceptors (Lipinski definition) is 3. The second kappa shape index (κ2) is 4.81. The van der Waals surface area contributed by atoms with Crippen molar-refractivity contribution in [1.29, 1.82) is 0 Å². The number of aryl methyl sites for hydroxylation is 1. The molecule has 0 aliphatic heterocycles. The molecule has 3 rings (SSSR count). The lowest BCUT2D eigenvalue weighted by atomic mass is 9.99. The Hall–Kier alpha value is -2.62. The highest BCUT2D eigenvalue weighted by atomic mass is 16.5. The number of nitrogens with zero attached hydrogens (tertiary/aromatic N) is 2. The van der Waals surface area contributed by atoms with Crippen molar-refractivity contribution in [2.24, 2.45) is 7.05 Å². The Morgan fingerprint density at radius 3 is 2.50 bits per heavy atom. The maximum absolute atomic E-state index is 12.0. The van der Waals surface area contributed by atoms with E-state index in [1.165, 1.54) is 7.11 Å². The fraction of sp³-hybridized carbons (Fsp3) is 0.125. The third kappa shape index (κ3) is 1.95. The highest BCUT2D eigenvalue weighted by molar-refractivity contribution is 6.02. The number of methoxy groups -OCH3 is 1. The summed E-state index contributed by atoms with van der Waals surface area (Å²) in [5.74, 6) is -0.341. The van der Waals surface area contributed by atoms with E-state index >= 15 is 0 Å². The Kier molecular flexibility index (Phi) is 2.99. The van der Waals surface area contributed by atoms with Crippen molar-refractivity contribution in [3.8, 4) is 11.3 Å². The number of hydrogen-bond donors (Lipinski definition) is 0. The Morgan fingerprint density at radius 1 is 1.20 bits per heavy atom. The molecule has 0 radical (unpaired) electrons. The van der Waals surface area contributed by atoms with E-state index in [1.54, 1.807) is 12.5 Å². The normalized spacial score (nSPS) is 10.7. The molecule has 0 atom stereocenters. The van der Waals surface area contributed by atoms with Crippen molar-refractivity contribution in [3.05, 3.63) is 54.5 Å². The lowest BCUT2D eigenvalue weighted by Gasteiger charge is -2.10. The highest BCUT2D eigenvalue weighted by Gasteiger charge is 2.16. The molecule has 0 spiro atoms. The molecule has 0 saturated heterocycles. The third-order valence-corrected chi connectivity index (χ3v) is 3.38. The number of ether oxygens (including phenoxy) is 1. The second-order valence-corrected chi connectivity index (χ2v) is 4.63. The van der Waals surface area contributed by atoms with Gasteiger partial charge in [0, 0.05) is 12.6 Å². The maximum Gasteiger partial charge on any atom is 0.338 e. The maximum atomic E-state index is 12.0. The van der Waals surface area contributed by atoms with Gasteiger partial charge in [0.2, 0.25) is 0 Å². The van der Waals surface area contributed by atoms with Crippen molar-refractivity contribution in [2.75, 3.05) is 7.11 Å². The second-order valence-electron chi connectivity index (χ2n) is 4.63. The summed E-state index contributed by atoms with van der Waals surface area (Å²) in [6.07, 6.45) is 3.46. The van der Waals surface area contributed by atoms with Gasteiger partial charge >= 0.3 is 5.97 Å². The largest absolute Gasteiger partial charge is 0.465 e. The van der Waals surface area contributed by atoms with Crippen molar-refractivity contribution < 1.29 is 9.53 Å². The number of fused-ring (bicyclic) bond motifs is 1. The summed E-state index contributed by atoms with van der Waals surface area (Å²) in [7, 11) is 3.29. The highest BCUT2D eigenvalue weighted by Crippen LogP contribution is 2.28. The van der Waals surface area contributed by atoms with E-state index in [-0.39, 0.29) is 5.97 Å². The zero-order valence-corrected chi connectivity index (χ0v) is 11.3. The molecule has 0 N–H and O–H groups in total. The fourth-order valence-electron chi connectivity index (χ4n) is 2.35. The first-order valence-corrected chi connectivity index (χ1v) is 6.28. The predicted octanol–water partition coefficient (Wildman–Crippen LogP) is 3.03. The van der Waals surface area contributed by atoms with Gasteiger partial charge in [-0.3, -0.25) is 0 Å². The SMILES string of the molecule is COC(=O)c1cc2ccccc2cc1-c1cncn1C. The van der Waals surface area contributed by atoms with Gasteiger partial charge in [-0.25, -0.2) is 9.78 Å². The van der Waals surface area contributed by atoms with Crippen LogP contribution in [-0.2, 0) is 11.8 Å². The average molecular weight is 266 g/mol. The van der Waals surface area contributed by atoms with Crippen LogP contribution in [0.15, 0.2) is 48.9 Å². The lowest BCUT2D eigenvalue weighted by Crippen LogP contribution is -2.05. The topological polar surface area (TPSA) is 44.1 Å². The van der Waals surface area contributed by atoms with Gasteiger partial charge in [-0.2, -0.15) is 0 Å². The minimum atomic E-state index is -0.341. The molecule has 1 aromatic heterocycles. The van der Waals surface area contributed by atoms with Gasteiger partial charge < -0.3 is 9.30 Å². The van der Waals surface area contributed by atoms with Crippen LogP contribution in [0, 0.1) is 0 Å². The smallest absolute Gasteiger partial charge is 0.338 e. The van der Waals surface area contributed by atoms with Crippen LogP contribution in [0.1, 0.15) is 10.4 Å². The lowest BCUT2D eigenvalue weighted by molar-refractivity contribution is 0.0602. The van der Waals surface area contributed by atoms with E-state index in [0.717, 1.165) is 22.0 Å². The molecule has 0 saturated carbocycles. The summed E-state index contributed by atoms with van der Waals surface area (Å²) in [5.41, 5.74) is 2.27. The first-order chi connectivity index (χ1) is 9.70. The first kappa shape index (κ1) is 12.4. The molecular weight excluding hydrogens is 252 g/mol. The summed E-state index contributed by atoms with van der Waals surface area (Å²) in [6.45, 7) is 0. The summed E-state index contributed by atoms with van der Waals surface area (Å²) < 4.78 is 6.78. The van der Waals surface area contributed by atoms with Crippen LogP contribution in [0.2, 0.25) is 0 Å². The molecule has 0 amide bonds. The Morgan fingerprint density at radius 2 is 1.90 bits per heavy atom. The zero-order valence-electron chi connectivity index (χ0n) is 11.3. The van der Waals surface area contributed by atoms with Crippen molar-refractivity contribution in [2.45, 2.75) is 0 Å². The van der Waals surface area contributed by atoms with Gasteiger partial charge in [0.15, 0.2) is 0 Å². The monoisotopic (exact) mass is 266 g/mol. The van der Waals surface area contributed by atoms with E-state index in [0.29, 0.717) is 5.56 Å². The number of rotatable bonds is 2. The molecular formula is C16H14N2O2. The zero-order chi connectivity index (χ0) is 14.1. The fourth-order valence-corrected chi connectivity index (χ4v) is 2.35. The van der Waals surface area contributed by atoms with Crippen molar-refractivity contribution >= 4 is 16.7 Å². The molecule has 2 aromatic carbocycles. The van der Waals surface area contributed by atoms with Gasteiger partial charge in [0.25, 0.3) is 0 Å². The number of esters is 1. The molecule has 0 fully saturated rings. The summed E-state index contributed by atoms with van der Waals surface area (Å²) in [4.78, 5) is 16.1. The van der Waals surface area contributed by atoms with Gasteiger partial charge in [-0.05, 0) is 22.9 Å². The van der Waals surface area contributed by atoms with Gasteiger partial charge in [0.1, 0.15) is 0 Å². The van der Waals surface area contributed by atoms with Crippen LogP contribution in [0.5, 0.6) is 0 Å². The molecule has 4 nitrogen and oxygen atoms in total. The number of carbonyl (C=O) groups is 1. The Bertz CT molecular complexity index is 790. The molecule has 3 aromatic rings. The van der Waals surface area contributed by atoms with Crippen LogP contribution < -0.4 is 0 Å². The summed E-state index contributed by atoms with van der Waals surface area (Å²) >= 11 is 0. The van der Waals surface area contributed by atoms with Gasteiger partial charge in [-0.15, -0.1) is 0 Å². The predicted molar refractivity (Wildman–Crippen MR) is 77.5 cm³/mol. The van der Waals surface area contributed by atoms with Crippen molar-refractivity contribution in [3.63, 3.8) is 0 Å². The van der Waals surface area contributed by atoms with Crippen LogP contribution >= 0.6 is 0 Å². The number of imidazole rings is 1. The van der Waals surface area contributed by atoms with Crippen LogP contribution in [0.4, 0.5) is 0 Å². The quantitative estimate of drug-likeness (QED) is 0.670. The molecule has 100 valence electrons. The molecule has 20 heavy (non-hydrogen) atoms. The van der Waals surface area contributed by atoms with E-state index in [9.17, 15) is 4.79 Å². The standard InChI is InChI=1S/C16H14N2O2/c1-18-10-17-9-15(18)13-7-11-5-3-4-6-12(11)8-14(13)16(19)20-2/h3-10H,1-2H3. The van der Waals surface area contributed by atoms with Crippen molar-refractivity contribution in [1.82, 2.24) is 9.55 Å². The van der Waals surface area contributed by atoms with Gasteiger partial charge in [-0.1, -0.05) is 24.3 Å². The average Bonchev–Trinajstić information content (AvgIpc) is 2.91. The third-order valence-electron chi connectivity index (χ3n) is 3.38. The van der Waals surface area contributed by atoms with Crippen LogP contribution in [0.25, 0.3) is 22.0 Å². The molecule has 1 heterocycles. The number of carbonyl (C=O) groups excluding carboxylic acids is 1. The van der Waals surface area contributed by atoms with E-state index in [1.807, 2.05) is 48.0 Å². The van der Waals surface area contributed by atoms with E-state index in [4.69, 9.17) is 4.74 Å². The Balaban J connectivity index is 2.33.